The zero-order valence-corrected chi connectivity index (χ0v) is 15.5. The number of alkyl halides is 1. The molecule has 26 heavy (non-hydrogen) atoms. The van der Waals surface area contributed by atoms with Gasteiger partial charge < -0.3 is 32.7 Å². The van der Waals surface area contributed by atoms with Crippen LogP contribution in [-0.2, 0) is 20.9 Å². The second-order valence-electron chi connectivity index (χ2n) is 4.65. The Kier molecular flexibility index (Phi) is 15.9. The van der Waals surface area contributed by atoms with E-state index in [1.54, 1.807) is 0 Å². The first-order chi connectivity index (χ1) is 12.1. The first-order valence-electron chi connectivity index (χ1n) is 7.21. The van der Waals surface area contributed by atoms with Gasteiger partial charge in [-0.1, -0.05) is 30.3 Å². The topological polar surface area (TPSA) is 182 Å². The summed E-state index contributed by atoms with van der Waals surface area (Å²) in [6.07, 6.45) is -0.149. The van der Waals surface area contributed by atoms with Crippen molar-refractivity contribution in [2.75, 3.05) is 5.88 Å². The van der Waals surface area contributed by atoms with E-state index in [0.717, 1.165) is 5.56 Å². The summed E-state index contributed by atoms with van der Waals surface area (Å²) in [6.45, 7) is 0.580. The van der Waals surface area contributed by atoms with E-state index in [-0.39, 0.29) is 11.0 Å². The fourth-order valence-electron chi connectivity index (χ4n) is 1.25. The summed E-state index contributed by atoms with van der Waals surface area (Å²) in [7, 11) is 0. The highest BCUT2D eigenvalue weighted by Gasteiger charge is 2.14. The molecule has 1 atom stereocenters. The van der Waals surface area contributed by atoms with Crippen LogP contribution in [0.15, 0.2) is 30.3 Å². The van der Waals surface area contributed by atoms with Gasteiger partial charge in [0, 0.05) is 18.8 Å². The van der Waals surface area contributed by atoms with Crippen LogP contribution in [0, 0.1) is 0 Å². The number of halogens is 1. The van der Waals surface area contributed by atoms with Crippen LogP contribution in [0.2, 0.25) is 0 Å². The fraction of sp³-hybridized carbons (Fsp3) is 0.333. The third-order valence-electron chi connectivity index (χ3n) is 2.37. The first-order valence-corrected chi connectivity index (χ1v) is 8.16. The second kappa shape index (κ2) is 16.1. The van der Waals surface area contributed by atoms with Gasteiger partial charge in [-0.15, -0.1) is 11.6 Å². The molecule has 0 aromatic heterocycles. The van der Waals surface area contributed by atoms with Crippen LogP contribution in [0.3, 0.4) is 0 Å². The number of amides is 1. The highest BCUT2D eigenvalue weighted by atomic mass is 35.5. The largest absolute Gasteiger partial charge is 0.481 e. The number of thiocarbonyl (C=S) groups is 1. The van der Waals surface area contributed by atoms with E-state index < -0.39 is 24.4 Å². The molecule has 0 heterocycles. The number of carboxylic acids is 2. The van der Waals surface area contributed by atoms with Crippen LogP contribution in [0.5, 0.6) is 0 Å². The van der Waals surface area contributed by atoms with Crippen molar-refractivity contribution in [2.45, 2.75) is 25.4 Å². The number of rotatable bonds is 7. The van der Waals surface area contributed by atoms with Gasteiger partial charge in [0.25, 0.3) is 0 Å². The minimum absolute atomic E-state index is 0.000000000000000222. The van der Waals surface area contributed by atoms with Gasteiger partial charge in [-0.25, -0.2) is 0 Å². The fourth-order valence-corrected chi connectivity index (χ4v) is 1.42. The van der Waals surface area contributed by atoms with Crippen molar-refractivity contribution in [3.63, 3.8) is 0 Å². The Morgan fingerprint density at radius 1 is 1.15 bits per heavy atom. The molecule has 0 aliphatic rings. The first kappa shape index (κ1) is 25.8. The maximum atomic E-state index is 11.0. The third-order valence-corrected chi connectivity index (χ3v) is 2.55. The van der Waals surface area contributed by atoms with Gasteiger partial charge >= 0.3 is 11.9 Å². The maximum Gasteiger partial charge on any atom is 0.321 e. The molecule has 0 fully saturated rings. The lowest BCUT2D eigenvalue weighted by Crippen LogP contribution is -2.32. The van der Waals surface area contributed by atoms with Crippen LogP contribution in [0.4, 0.5) is 0 Å². The Balaban J connectivity index is 0. The predicted octanol–water partition coefficient (Wildman–Crippen LogP) is -0.00660. The second-order valence-corrected chi connectivity index (χ2v) is 5.50. The SMILES string of the molecule is NC(CC(=O)O)C(=O)O.NC(N)=S.O=C(CCCl)NCc1ccccc1. The van der Waals surface area contributed by atoms with Gasteiger partial charge in [-0.2, -0.15) is 0 Å². The van der Waals surface area contributed by atoms with Crippen LogP contribution < -0.4 is 22.5 Å². The van der Waals surface area contributed by atoms with Crippen LogP contribution in [0.25, 0.3) is 0 Å². The quantitative estimate of drug-likeness (QED) is 0.268. The van der Waals surface area contributed by atoms with Crippen LogP contribution >= 0.6 is 23.8 Å². The standard InChI is InChI=1S/C10H12ClNO.C4H7NO4.CH4N2S/c11-7-6-10(13)12-8-9-4-2-1-3-5-9;5-2(4(8)9)1-3(6)7;2-1(3)4/h1-5H,6-8H2,(H,12,13);2H,1,5H2,(H,6,7)(H,8,9);(H4,2,3,4). The average Bonchev–Trinajstić information content (AvgIpc) is 2.53. The van der Waals surface area contributed by atoms with Gasteiger partial charge in [0.2, 0.25) is 5.91 Å². The molecule has 1 aromatic rings. The molecule has 0 aliphatic carbocycles. The van der Waals surface area contributed by atoms with Gasteiger partial charge in [0.1, 0.15) is 6.04 Å². The molecule has 0 radical (unpaired) electrons. The third kappa shape index (κ3) is 19.6. The van der Waals surface area contributed by atoms with Crippen LogP contribution in [0.1, 0.15) is 18.4 Å². The van der Waals surface area contributed by atoms with Crippen molar-refractivity contribution in [1.29, 1.82) is 0 Å². The monoisotopic (exact) mass is 406 g/mol. The van der Waals surface area contributed by atoms with Gasteiger partial charge in [-0.05, 0) is 17.8 Å². The molecular formula is C15H23ClN4O5S. The zero-order chi connectivity index (χ0) is 20.5. The van der Waals surface area contributed by atoms with Crippen molar-refractivity contribution < 1.29 is 24.6 Å². The summed E-state index contributed by atoms with van der Waals surface area (Å²) in [5.74, 6) is -2.12. The van der Waals surface area contributed by atoms with E-state index in [1.165, 1.54) is 0 Å². The molecule has 1 rings (SSSR count). The van der Waals surface area contributed by atoms with Crippen molar-refractivity contribution in [3.05, 3.63) is 35.9 Å². The lowest BCUT2D eigenvalue weighted by molar-refractivity contribution is -0.144. The molecule has 0 aliphatic heterocycles. The molecule has 0 saturated heterocycles. The maximum absolute atomic E-state index is 11.0. The molecule has 146 valence electrons. The number of hydrogen-bond donors (Lipinski definition) is 6. The number of carbonyl (C=O) groups is 3. The Bertz CT molecular complexity index is 570. The minimum atomic E-state index is -1.29. The molecular weight excluding hydrogens is 384 g/mol. The molecule has 1 amide bonds. The predicted molar refractivity (Wildman–Crippen MR) is 102 cm³/mol. The molecule has 0 bridgehead atoms. The molecule has 0 spiro atoms. The number of aliphatic carboxylic acids is 2. The van der Waals surface area contributed by atoms with Crippen molar-refractivity contribution in [2.24, 2.45) is 17.2 Å². The lowest BCUT2D eigenvalue weighted by atomic mass is 10.2. The van der Waals surface area contributed by atoms with Crippen LogP contribution in [-0.4, -0.2) is 45.1 Å². The molecule has 9 N–H and O–H groups in total. The molecule has 1 aromatic carbocycles. The molecule has 1 unspecified atom stereocenters. The molecule has 0 saturated carbocycles. The highest BCUT2D eigenvalue weighted by Crippen LogP contribution is 1.97. The number of benzene rings is 1. The van der Waals surface area contributed by atoms with Crippen molar-refractivity contribution in [3.8, 4) is 0 Å². The Labute approximate surface area is 161 Å². The summed E-state index contributed by atoms with van der Waals surface area (Å²) >= 11 is 9.51. The van der Waals surface area contributed by atoms with E-state index in [1.807, 2.05) is 30.3 Å². The van der Waals surface area contributed by atoms with Crippen molar-refractivity contribution in [1.82, 2.24) is 5.32 Å². The van der Waals surface area contributed by atoms with E-state index in [2.05, 4.69) is 29.0 Å². The highest BCUT2D eigenvalue weighted by molar-refractivity contribution is 7.80. The summed E-state index contributed by atoms with van der Waals surface area (Å²) in [5, 5.41) is 18.8. The van der Waals surface area contributed by atoms with Gasteiger partial charge in [0.05, 0.1) is 6.42 Å². The number of carboxylic acid groups (broad SMARTS) is 2. The lowest BCUT2D eigenvalue weighted by Gasteiger charge is -2.02. The molecule has 9 nitrogen and oxygen atoms in total. The van der Waals surface area contributed by atoms with E-state index in [4.69, 9.17) is 27.5 Å². The minimum Gasteiger partial charge on any atom is -0.481 e. The summed E-state index contributed by atoms with van der Waals surface area (Å²) < 4.78 is 0. The Morgan fingerprint density at radius 3 is 2.00 bits per heavy atom. The average molecular weight is 407 g/mol. The normalized spacial score (nSPS) is 10.1. The number of nitrogens with two attached hydrogens (primary N) is 3. The van der Waals surface area contributed by atoms with Crippen molar-refractivity contribution >= 4 is 46.8 Å². The van der Waals surface area contributed by atoms with Gasteiger partial charge in [-0.3, -0.25) is 14.4 Å². The van der Waals surface area contributed by atoms with E-state index >= 15 is 0 Å². The van der Waals surface area contributed by atoms with Gasteiger partial charge in [0.15, 0.2) is 5.11 Å². The Hall–Kier alpha value is -2.43. The van der Waals surface area contributed by atoms with E-state index in [0.29, 0.717) is 18.8 Å². The summed E-state index contributed by atoms with van der Waals surface area (Å²) in [4.78, 5) is 30.6. The number of nitrogens with one attached hydrogen (secondary N) is 1. The summed E-state index contributed by atoms with van der Waals surface area (Å²) in [5.41, 5.74) is 15.2. The number of hydrogen-bond acceptors (Lipinski definition) is 5. The number of carbonyl (C=O) groups excluding carboxylic acids is 1. The summed E-state index contributed by atoms with van der Waals surface area (Å²) in [6, 6.07) is 8.50. The smallest absolute Gasteiger partial charge is 0.321 e. The van der Waals surface area contributed by atoms with E-state index in [9.17, 15) is 14.4 Å². The zero-order valence-electron chi connectivity index (χ0n) is 13.9. The Morgan fingerprint density at radius 2 is 1.65 bits per heavy atom. The molecule has 11 heteroatoms.